The second kappa shape index (κ2) is 7.48. The van der Waals surface area contributed by atoms with Gasteiger partial charge in [0.15, 0.2) is 5.82 Å². The molecule has 0 amide bonds. The highest BCUT2D eigenvalue weighted by Crippen LogP contribution is 2.34. The van der Waals surface area contributed by atoms with Gasteiger partial charge < -0.3 is 10.2 Å². The molecule has 3 heterocycles. The van der Waals surface area contributed by atoms with E-state index >= 15 is 0 Å². The molecule has 2 aromatic rings. The molecule has 0 aromatic carbocycles. The van der Waals surface area contributed by atoms with E-state index in [-0.39, 0.29) is 0 Å². The minimum Gasteiger partial charge on any atom is -0.340 e. The highest BCUT2D eigenvalue weighted by Gasteiger charge is 2.24. The topological polar surface area (TPSA) is 69.7 Å². The normalized spacial score (nSPS) is 20.7. The third-order valence-electron chi connectivity index (χ3n) is 5.50. The fraction of sp³-hybridized carbons (Fsp3) is 0.550. The Balaban J connectivity index is 1.41. The molecular weight excluding hydrogens is 324 g/mol. The van der Waals surface area contributed by atoms with Gasteiger partial charge in [-0.2, -0.15) is 10.1 Å². The lowest BCUT2D eigenvalue weighted by molar-refractivity contribution is 0.583. The van der Waals surface area contributed by atoms with E-state index in [1.807, 2.05) is 12.3 Å². The Hall–Kier alpha value is -2.37. The van der Waals surface area contributed by atoms with Crippen molar-refractivity contribution in [2.45, 2.75) is 51.4 Å². The van der Waals surface area contributed by atoms with E-state index in [1.165, 1.54) is 43.4 Å². The number of H-pyrrole nitrogens is 1. The molecule has 0 radical (unpaired) electrons. The van der Waals surface area contributed by atoms with Gasteiger partial charge in [-0.25, -0.2) is 4.98 Å². The number of aromatic nitrogens is 4. The van der Waals surface area contributed by atoms with Crippen molar-refractivity contribution >= 4 is 17.6 Å². The third-order valence-corrected chi connectivity index (χ3v) is 5.50. The van der Waals surface area contributed by atoms with Gasteiger partial charge in [-0.05, 0) is 44.6 Å². The van der Waals surface area contributed by atoms with Gasteiger partial charge in [0.1, 0.15) is 5.82 Å². The number of hydrogen-bond donors (Lipinski definition) is 2. The van der Waals surface area contributed by atoms with Gasteiger partial charge in [-0.3, -0.25) is 5.10 Å². The predicted molar refractivity (Wildman–Crippen MR) is 105 cm³/mol. The van der Waals surface area contributed by atoms with Crippen molar-refractivity contribution in [3.63, 3.8) is 0 Å². The molecule has 6 nitrogen and oxygen atoms in total. The lowest BCUT2D eigenvalue weighted by Gasteiger charge is -2.17. The Bertz CT molecular complexity index is 761. The summed E-state index contributed by atoms with van der Waals surface area (Å²) in [6, 6.07) is 4.02. The third kappa shape index (κ3) is 3.89. The molecule has 1 saturated carbocycles. The van der Waals surface area contributed by atoms with Gasteiger partial charge in [0.2, 0.25) is 5.95 Å². The quantitative estimate of drug-likeness (QED) is 0.754. The Kier molecular flexibility index (Phi) is 4.91. The highest BCUT2D eigenvalue weighted by atomic mass is 15.3. The van der Waals surface area contributed by atoms with Crippen LogP contribution in [0, 0.1) is 5.92 Å². The molecule has 4 rings (SSSR count). The number of hydrogen-bond acceptors (Lipinski definition) is 5. The monoisotopic (exact) mass is 352 g/mol. The van der Waals surface area contributed by atoms with Gasteiger partial charge in [0, 0.05) is 37.0 Å². The molecule has 2 fully saturated rings. The van der Waals surface area contributed by atoms with Crippen LogP contribution in [0.4, 0.5) is 17.6 Å². The minimum absolute atomic E-state index is 0.633. The maximum absolute atomic E-state index is 4.70. The zero-order chi connectivity index (χ0) is 17.9. The average Bonchev–Trinajstić information content (AvgIpc) is 3.36. The first kappa shape index (κ1) is 17.1. The Morgan fingerprint density at radius 2 is 2.15 bits per heavy atom. The van der Waals surface area contributed by atoms with Crippen molar-refractivity contribution in [2.75, 3.05) is 23.3 Å². The van der Waals surface area contributed by atoms with Crippen LogP contribution in [-0.2, 0) is 0 Å². The molecule has 26 heavy (non-hydrogen) atoms. The van der Waals surface area contributed by atoms with Gasteiger partial charge in [-0.15, -0.1) is 6.58 Å². The summed E-state index contributed by atoms with van der Waals surface area (Å²) >= 11 is 0. The van der Waals surface area contributed by atoms with Crippen LogP contribution in [0.15, 0.2) is 30.5 Å². The molecule has 6 heteroatoms. The molecule has 1 atom stereocenters. The first-order chi connectivity index (χ1) is 12.7. The SMILES string of the molecule is C=C(C)C[C@H]1CCN(c2nccc(Nc3cc(C4CCCC4)[nH]n3)n2)C1. The summed E-state index contributed by atoms with van der Waals surface area (Å²) in [4.78, 5) is 11.4. The second-order valence-electron chi connectivity index (χ2n) is 7.82. The van der Waals surface area contributed by atoms with Crippen LogP contribution >= 0.6 is 0 Å². The smallest absolute Gasteiger partial charge is 0.227 e. The van der Waals surface area contributed by atoms with E-state index in [9.17, 15) is 0 Å². The van der Waals surface area contributed by atoms with E-state index in [4.69, 9.17) is 4.98 Å². The summed E-state index contributed by atoms with van der Waals surface area (Å²) in [7, 11) is 0. The van der Waals surface area contributed by atoms with Crippen molar-refractivity contribution in [1.82, 2.24) is 20.2 Å². The Morgan fingerprint density at radius 3 is 2.96 bits per heavy atom. The predicted octanol–water partition coefficient (Wildman–Crippen LogP) is 4.39. The number of anilines is 3. The molecule has 2 aromatic heterocycles. The van der Waals surface area contributed by atoms with Gasteiger partial charge in [0.25, 0.3) is 0 Å². The number of rotatable bonds is 6. The largest absolute Gasteiger partial charge is 0.340 e. The van der Waals surface area contributed by atoms with E-state index in [0.717, 1.165) is 37.1 Å². The zero-order valence-electron chi connectivity index (χ0n) is 15.5. The van der Waals surface area contributed by atoms with E-state index < -0.39 is 0 Å². The second-order valence-corrected chi connectivity index (χ2v) is 7.82. The number of nitrogens with zero attached hydrogens (tertiary/aromatic N) is 4. The summed E-state index contributed by atoms with van der Waals surface area (Å²) < 4.78 is 0. The van der Waals surface area contributed by atoms with E-state index in [2.05, 4.69) is 45.0 Å². The van der Waals surface area contributed by atoms with Crippen LogP contribution in [0.3, 0.4) is 0 Å². The van der Waals surface area contributed by atoms with Crippen molar-refractivity contribution in [3.8, 4) is 0 Å². The molecule has 1 aliphatic carbocycles. The summed E-state index contributed by atoms with van der Waals surface area (Å²) in [5.74, 6) is 3.72. The van der Waals surface area contributed by atoms with Gasteiger partial charge >= 0.3 is 0 Å². The first-order valence-electron chi connectivity index (χ1n) is 9.72. The van der Waals surface area contributed by atoms with E-state index in [1.54, 1.807) is 0 Å². The lowest BCUT2D eigenvalue weighted by atomic mass is 10.0. The molecule has 0 unspecified atom stereocenters. The average molecular weight is 352 g/mol. The summed E-state index contributed by atoms with van der Waals surface area (Å²) in [5.41, 5.74) is 2.49. The van der Waals surface area contributed by atoms with Crippen LogP contribution in [0.5, 0.6) is 0 Å². The summed E-state index contributed by atoms with van der Waals surface area (Å²) in [6.45, 7) is 8.16. The van der Waals surface area contributed by atoms with Crippen molar-refractivity contribution in [2.24, 2.45) is 5.92 Å². The van der Waals surface area contributed by atoms with Crippen LogP contribution in [0.2, 0.25) is 0 Å². The Morgan fingerprint density at radius 1 is 1.31 bits per heavy atom. The zero-order valence-corrected chi connectivity index (χ0v) is 15.5. The lowest BCUT2D eigenvalue weighted by Crippen LogP contribution is -2.22. The minimum atomic E-state index is 0.633. The van der Waals surface area contributed by atoms with Crippen LogP contribution in [0.1, 0.15) is 57.1 Å². The maximum Gasteiger partial charge on any atom is 0.227 e. The van der Waals surface area contributed by atoms with Gasteiger partial charge in [-0.1, -0.05) is 18.4 Å². The molecule has 138 valence electrons. The number of nitrogens with one attached hydrogen (secondary N) is 2. The standard InChI is InChI=1S/C20H28N6/c1-14(2)11-15-8-10-26(13-15)20-21-9-7-18(23-20)22-19-12-17(24-25-19)16-5-3-4-6-16/h7,9,12,15-16H,1,3-6,8,10-11,13H2,2H3,(H2,21,22,23,24,25)/t15-/m1/s1. The van der Waals surface area contributed by atoms with Crippen LogP contribution < -0.4 is 10.2 Å². The molecule has 1 aliphatic heterocycles. The Labute approximate surface area is 155 Å². The highest BCUT2D eigenvalue weighted by molar-refractivity contribution is 5.53. The molecular formula is C20H28N6. The summed E-state index contributed by atoms with van der Waals surface area (Å²) in [6.07, 6.45) is 9.26. The van der Waals surface area contributed by atoms with Gasteiger partial charge in [0.05, 0.1) is 0 Å². The molecule has 2 N–H and O–H groups in total. The van der Waals surface area contributed by atoms with Crippen LogP contribution in [-0.4, -0.2) is 33.3 Å². The molecule has 0 bridgehead atoms. The maximum atomic E-state index is 4.70. The summed E-state index contributed by atoms with van der Waals surface area (Å²) in [5, 5.41) is 10.9. The van der Waals surface area contributed by atoms with Crippen molar-refractivity contribution < 1.29 is 0 Å². The van der Waals surface area contributed by atoms with Crippen molar-refractivity contribution in [3.05, 3.63) is 36.2 Å². The molecule has 2 aliphatic rings. The molecule has 0 spiro atoms. The number of allylic oxidation sites excluding steroid dienone is 1. The van der Waals surface area contributed by atoms with Crippen LogP contribution in [0.25, 0.3) is 0 Å². The fourth-order valence-corrected chi connectivity index (χ4v) is 4.22. The molecule has 1 saturated heterocycles. The number of aromatic amines is 1. The van der Waals surface area contributed by atoms with E-state index in [0.29, 0.717) is 11.8 Å². The fourth-order valence-electron chi connectivity index (χ4n) is 4.22. The van der Waals surface area contributed by atoms with Crippen molar-refractivity contribution in [1.29, 1.82) is 0 Å². The first-order valence-corrected chi connectivity index (χ1v) is 9.72.